The van der Waals surface area contributed by atoms with Gasteiger partial charge in [-0.1, -0.05) is 6.42 Å². The lowest BCUT2D eigenvalue weighted by Gasteiger charge is -2.37. The largest absolute Gasteiger partial charge is 0.444 e. The highest BCUT2D eigenvalue weighted by Gasteiger charge is 2.47. The first-order valence-corrected chi connectivity index (χ1v) is 5.50. The summed E-state index contributed by atoms with van der Waals surface area (Å²) in [6.07, 6.45) is 4.62. The van der Waals surface area contributed by atoms with E-state index in [4.69, 9.17) is 4.74 Å². The van der Waals surface area contributed by atoms with Gasteiger partial charge in [-0.25, -0.2) is 4.79 Å². The van der Waals surface area contributed by atoms with Crippen LogP contribution in [-0.4, -0.2) is 28.7 Å². The highest BCUT2D eigenvalue weighted by Crippen LogP contribution is 2.35. The maximum absolute atomic E-state index is 11.7. The SMILES string of the molecule is CC(C)(C)N1C(=O)OC2CCCCC21. The summed E-state index contributed by atoms with van der Waals surface area (Å²) in [7, 11) is 0. The summed E-state index contributed by atoms with van der Waals surface area (Å²) in [6, 6.07) is 0.330. The van der Waals surface area contributed by atoms with Crippen LogP contribution in [0.25, 0.3) is 0 Å². The topological polar surface area (TPSA) is 29.5 Å². The molecule has 0 aromatic carbocycles. The zero-order valence-electron chi connectivity index (χ0n) is 9.25. The van der Waals surface area contributed by atoms with E-state index < -0.39 is 0 Å². The van der Waals surface area contributed by atoms with Crippen molar-refractivity contribution >= 4 is 6.09 Å². The van der Waals surface area contributed by atoms with Gasteiger partial charge in [0.05, 0.1) is 6.04 Å². The summed E-state index contributed by atoms with van der Waals surface area (Å²) in [5.41, 5.74) is -0.103. The van der Waals surface area contributed by atoms with E-state index in [0.29, 0.717) is 6.04 Å². The number of nitrogens with zero attached hydrogens (tertiary/aromatic N) is 1. The third kappa shape index (κ3) is 1.49. The van der Waals surface area contributed by atoms with Gasteiger partial charge < -0.3 is 4.74 Å². The van der Waals surface area contributed by atoms with E-state index in [1.807, 2.05) is 4.90 Å². The number of fused-ring (bicyclic) bond motifs is 1. The van der Waals surface area contributed by atoms with Gasteiger partial charge >= 0.3 is 6.09 Å². The highest BCUT2D eigenvalue weighted by molar-refractivity contribution is 5.71. The molecular formula is C11H19NO2. The van der Waals surface area contributed by atoms with E-state index >= 15 is 0 Å². The van der Waals surface area contributed by atoms with Crippen LogP contribution in [0.5, 0.6) is 0 Å². The molecule has 0 N–H and O–H groups in total. The Morgan fingerprint density at radius 1 is 1.29 bits per heavy atom. The second-order valence-corrected chi connectivity index (χ2v) is 5.31. The quantitative estimate of drug-likeness (QED) is 0.597. The molecular weight excluding hydrogens is 178 g/mol. The van der Waals surface area contributed by atoms with Crippen molar-refractivity contribution in [2.24, 2.45) is 0 Å². The van der Waals surface area contributed by atoms with E-state index in [2.05, 4.69) is 20.8 Å². The molecule has 1 saturated carbocycles. The Kier molecular flexibility index (Phi) is 2.20. The second kappa shape index (κ2) is 3.14. The van der Waals surface area contributed by atoms with Crippen LogP contribution in [0.15, 0.2) is 0 Å². The van der Waals surface area contributed by atoms with Gasteiger partial charge in [-0.15, -0.1) is 0 Å². The molecule has 14 heavy (non-hydrogen) atoms. The van der Waals surface area contributed by atoms with Crippen molar-refractivity contribution in [2.45, 2.75) is 64.1 Å². The number of ether oxygens (including phenoxy) is 1. The lowest BCUT2D eigenvalue weighted by atomic mass is 9.90. The van der Waals surface area contributed by atoms with Crippen molar-refractivity contribution in [3.63, 3.8) is 0 Å². The van der Waals surface area contributed by atoms with Gasteiger partial charge in [0.2, 0.25) is 0 Å². The number of rotatable bonds is 0. The minimum Gasteiger partial charge on any atom is -0.444 e. The molecule has 1 aliphatic heterocycles. The lowest BCUT2D eigenvalue weighted by Crippen LogP contribution is -2.49. The minimum absolute atomic E-state index is 0.103. The Morgan fingerprint density at radius 3 is 2.57 bits per heavy atom. The zero-order chi connectivity index (χ0) is 10.3. The average molecular weight is 197 g/mol. The Hall–Kier alpha value is -0.730. The summed E-state index contributed by atoms with van der Waals surface area (Å²) in [5, 5.41) is 0. The van der Waals surface area contributed by atoms with Crippen LogP contribution in [0, 0.1) is 0 Å². The molecule has 3 heteroatoms. The van der Waals surface area contributed by atoms with Crippen LogP contribution in [0.1, 0.15) is 46.5 Å². The third-order valence-electron chi connectivity index (χ3n) is 3.17. The van der Waals surface area contributed by atoms with Crippen LogP contribution in [0.2, 0.25) is 0 Å². The van der Waals surface area contributed by atoms with Crippen LogP contribution >= 0.6 is 0 Å². The summed E-state index contributed by atoms with van der Waals surface area (Å²) in [5.74, 6) is 0. The maximum Gasteiger partial charge on any atom is 0.410 e. The van der Waals surface area contributed by atoms with Crippen LogP contribution in [0.4, 0.5) is 4.79 Å². The van der Waals surface area contributed by atoms with Crippen molar-refractivity contribution in [1.82, 2.24) is 4.90 Å². The third-order valence-corrected chi connectivity index (χ3v) is 3.17. The molecule has 0 spiro atoms. The Bertz CT molecular complexity index is 244. The fourth-order valence-electron chi connectivity index (χ4n) is 2.60. The van der Waals surface area contributed by atoms with E-state index in [1.165, 1.54) is 12.8 Å². The molecule has 1 saturated heterocycles. The first-order valence-electron chi connectivity index (χ1n) is 5.50. The molecule has 1 heterocycles. The van der Waals surface area contributed by atoms with Gasteiger partial charge in [0.1, 0.15) is 6.10 Å². The smallest absolute Gasteiger partial charge is 0.410 e. The minimum atomic E-state index is -0.116. The van der Waals surface area contributed by atoms with Gasteiger partial charge in [0, 0.05) is 5.54 Å². The summed E-state index contributed by atoms with van der Waals surface area (Å²) in [6.45, 7) is 6.22. The molecule has 0 radical (unpaired) electrons. The molecule has 0 aromatic heterocycles. The molecule has 3 nitrogen and oxygen atoms in total. The van der Waals surface area contributed by atoms with E-state index in [0.717, 1.165) is 12.8 Å². The van der Waals surface area contributed by atoms with Gasteiger partial charge in [0.15, 0.2) is 0 Å². The lowest BCUT2D eigenvalue weighted by molar-refractivity contribution is 0.112. The molecule has 1 amide bonds. The standard InChI is InChI=1S/C11H19NO2/c1-11(2,3)12-8-6-4-5-7-9(8)14-10(12)13/h8-9H,4-7H2,1-3H3. The fraction of sp³-hybridized carbons (Fsp3) is 0.909. The molecule has 2 fully saturated rings. The average Bonchev–Trinajstić information content (AvgIpc) is 2.38. The van der Waals surface area contributed by atoms with Crippen molar-refractivity contribution in [3.8, 4) is 0 Å². The number of hydrogen-bond donors (Lipinski definition) is 0. The van der Waals surface area contributed by atoms with Gasteiger partial charge in [0.25, 0.3) is 0 Å². The summed E-state index contributed by atoms with van der Waals surface area (Å²) < 4.78 is 5.39. The van der Waals surface area contributed by atoms with E-state index in [1.54, 1.807) is 0 Å². The predicted molar refractivity (Wildman–Crippen MR) is 54.1 cm³/mol. The van der Waals surface area contributed by atoms with Crippen molar-refractivity contribution in [1.29, 1.82) is 0 Å². The molecule has 2 unspecified atom stereocenters. The fourth-order valence-corrected chi connectivity index (χ4v) is 2.60. The van der Waals surface area contributed by atoms with Crippen molar-refractivity contribution < 1.29 is 9.53 Å². The van der Waals surface area contributed by atoms with E-state index in [-0.39, 0.29) is 17.7 Å². The van der Waals surface area contributed by atoms with Gasteiger partial charge in [-0.2, -0.15) is 0 Å². The zero-order valence-corrected chi connectivity index (χ0v) is 9.25. The molecule has 0 bridgehead atoms. The van der Waals surface area contributed by atoms with Gasteiger partial charge in [-0.3, -0.25) is 4.90 Å². The van der Waals surface area contributed by atoms with Crippen LogP contribution in [0.3, 0.4) is 0 Å². The molecule has 2 atom stereocenters. The Balaban J connectivity index is 2.20. The molecule has 1 aliphatic carbocycles. The normalized spacial score (nSPS) is 32.8. The predicted octanol–water partition coefficient (Wildman–Crippen LogP) is 2.55. The highest BCUT2D eigenvalue weighted by atomic mass is 16.6. The van der Waals surface area contributed by atoms with Gasteiger partial charge in [-0.05, 0) is 40.0 Å². The molecule has 2 rings (SSSR count). The monoisotopic (exact) mass is 197 g/mol. The Labute approximate surface area is 85.4 Å². The molecule has 80 valence electrons. The number of carbonyl (C=O) groups excluding carboxylic acids is 1. The number of carbonyl (C=O) groups is 1. The molecule has 0 aromatic rings. The molecule has 2 aliphatic rings. The number of amides is 1. The van der Waals surface area contributed by atoms with E-state index in [9.17, 15) is 4.79 Å². The summed E-state index contributed by atoms with van der Waals surface area (Å²) in [4.78, 5) is 13.6. The summed E-state index contributed by atoms with van der Waals surface area (Å²) >= 11 is 0. The second-order valence-electron chi connectivity index (χ2n) is 5.31. The first-order chi connectivity index (χ1) is 6.50. The number of hydrogen-bond acceptors (Lipinski definition) is 2. The maximum atomic E-state index is 11.7. The van der Waals surface area contributed by atoms with Crippen molar-refractivity contribution in [3.05, 3.63) is 0 Å². The van der Waals surface area contributed by atoms with Crippen molar-refractivity contribution in [2.75, 3.05) is 0 Å². The van der Waals surface area contributed by atoms with Crippen LogP contribution < -0.4 is 0 Å². The van der Waals surface area contributed by atoms with Crippen LogP contribution in [-0.2, 0) is 4.74 Å². The Morgan fingerprint density at radius 2 is 1.93 bits per heavy atom. The first kappa shape index (κ1) is 9.81.